The lowest BCUT2D eigenvalue weighted by atomic mass is 10.2. The molecule has 0 unspecified atom stereocenters. The summed E-state index contributed by atoms with van der Waals surface area (Å²) in [5, 5.41) is 12.3. The van der Waals surface area contributed by atoms with E-state index in [4.69, 9.17) is 9.47 Å². The molecular formula is C18H23NO4Si. The fourth-order valence-corrected chi connectivity index (χ4v) is 4.33. The van der Waals surface area contributed by atoms with Gasteiger partial charge in [-0.05, 0) is 6.07 Å². The van der Waals surface area contributed by atoms with E-state index in [0.717, 1.165) is 6.23 Å². The maximum Gasteiger partial charge on any atom is 0.274 e. The molecule has 0 aromatic heterocycles. The molecule has 0 radical (unpaired) electrons. The van der Waals surface area contributed by atoms with Gasteiger partial charge in [0, 0.05) is 12.3 Å². The molecule has 0 aliphatic rings. The first-order valence-corrected chi connectivity index (χ1v) is 11.1. The second-order valence-corrected chi connectivity index (χ2v) is 10.9. The van der Waals surface area contributed by atoms with Crippen molar-refractivity contribution < 1.29 is 14.4 Å². The average Bonchev–Trinajstić information content (AvgIpc) is 2.59. The summed E-state index contributed by atoms with van der Waals surface area (Å²) in [6.45, 7) is 5.68. The van der Waals surface area contributed by atoms with Crippen LogP contribution in [0.2, 0.25) is 13.1 Å². The van der Waals surface area contributed by atoms with Crippen LogP contribution < -0.4 is 5.19 Å². The molecule has 5 nitrogen and oxygen atoms in total. The van der Waals surface area contributed by atoms with Gasteiger partial charge in [0.25, 0.3) is 5.69 Å². The molecule has 0 heterocycles. The molecule has 0 aliphatic carbocycles. The smallest absolute Gasteiger partial charge is 0.274 e. The van der Waals surface area contributed by atoms with Crippen molar-refractivity contribution in [3.05, 3.63) is 70.3 Å². The van der Waals surface area contributed by atoms with Gasteiger partial charge >= 0.3 is 0 Å². The van der Waals surface area contributed by atoms with Gasteiger partial charge in [0.15, 0.2) is 0 Å². The molecule has 0 atom stereocenters. The van der Waals surface area contributed by atoms with E-state index in [1.54, 1.807) is 18.2 Å². The van der Waals surface area contributed by atoms with Gasteiger partial charge in [-0.1, -0.05) is 60.7 Å². The number of nitro groups is 1. The molecule has 24 heavy (non-hydrogen) atoms. The van der Waals surface area contributed by atoms with Gasteiger partial charge < -0.3 is 9.47 Å². The van der Waals surface area contributed by atoms with Crippen LogP contribution in [0.25, 0.3) is 0 Å². The lowest BCUT2D eigenvalue weighted by Crippen LogP contribution is -2.46. The quantitative estimate of drug-likeness (QED) is 0.303. The molecule has 2 rings (SSSR count). The predicted molar refractivity (Wildman–Crippen MR) is 97.1 cm³/mol. The van der Waals surface area contributed by atoms with Gasteiger partial charge in [-0.2, -0.15) is 0 Å². The average molecular weight is 345 g/mol. The first kappa shape index (κ1) is 18.3. The van der Waals surface area contributed by atoms with Gasteiger partial charge in [-0.3, -0.25) is 10.1 Å². The number of nitro benzene ring substituents is 1. The Morgan fingerprint density at radius 3 is 2.29 bits per heavy atom. The van der Waals surface area contributed by atoms with E-state index < -0.39 is 8.07 Å². The second-order valence-electron chi connectivity index (χ2n) is 6.24. The number of para-hydroxylation sites is 1. The lowest BCUT2D eigenvalue weighted by molar-refractivity contribution is -0.386. The maximum atomic E-state index is 10.9. The molecule has 2 aromatic rings. The zero-order valence-corrected chi connectivity index (χ0v) is 15.1. The SMILES string of the molecule is C[Si](C)(COCCOCc1ccccc1[N+](=O)[O-])c1ccccc1. The van der Waals surface area contributed by atoms with E-state index in [-0.39, 0.29) is 17.2 Å². The Kier molecular flexibility index (Phi) is 6.66. The Bertz CT molecular complexity index is 661. The minimum atomic E-state index is -1.59. The number of hydrogen-bond donors (Lipinski definition) is 0. The molecule has 0 amide bonds. The summed E-state index contributed by atoms with van der Waals surface area (Å²) in [4.78, 5) is 10.5. The van der Waals surface area contributed by atoms with Gasteiger partial charge in [-0.15, -0.1) is 0 Å². The molecule has 0 bridgehead atoms. The van der Waals surface area contributed by atoms with Gasteiger partial charge in [-0.25, -0.2) is 0 Å². The van der Waals surface area contributed by atoms with E-state index in [0.29, 0.717) is 18.8 Å². The summed E-state index contributed by atoms with van der Waals surface area (Å²) >= 11 is 0. The van der Waals surface area contributed by atoms with Gasteiger partial charge in [0.05, 0.1) is 30.3 Å². The van der Waals surface area contributed by atoms with Crippen LogP contribution in [0.15, 0.2) is 54.6 Å². The third-order valence-corrected chi connectivity index (χ3v) is 6.66. The highest BCUT2D eigenvalue weighted by molar-refractivity contribution is 6.89. The molecule has 0 saturated heterocycles. The highest BCUT2D eigenvalue weighted by Crippen LogP contribution is 2.18. The van der Waals surface area contributed by atoms with Crippen molar-refractivity contribution >= 4 is 18.9 Å². The van der Waals surface area contributed by atoms with Crippen molar-refractivity contribution in [3.63, 3.8) is 0 Å². The van der Waals surface area contributed by atoms with E-state index in [2.05, 4.69) is 37.4 Å². The monoisotopic (exact) mass is 345 g/mol. The Hall–Kier alpha value is -2.02. The number of nitrogens with zero attached hydrogens (tertiary/aromatic N) is 1. The Morgan fingerprint density at radius 2 is 1.58 bits per heavy atom. The van der Waals surface area contributed by atoms with Crippen LogP contribution in [0.4, 0.5) is 5.69 Å². The van der Waals surface area contributed by atoms with E-state index >= 15 is 0 Å². The van der Waals surface area contributed by atoms with Gasteiger partial charge in [0.2, 0.25) is 0 Å². The molecule has 0 saturated carbocycles. The summed E-state index contributed by atoms with van der Waals surface area (Å²) in [7, 11) is -1.59. The fourth-order valence-electron chi connectivity index (χ4n) is 2.41. The largest absolute Gasteiger partial charge is 0.382 e. The third-order valence-electron chi connectivity index (χ3n) is 3.84. The Labute approximate surface area is 143 Å². The van der Waals surface area contributed by atoms with Crippen molar-refractivity contribution in [2.45, 2.75) is 19.7 Å². The normalized spacial score (nSPS) is 11.4. The van der Waals surface area contributed by atoms with Crippen molar-refractivity contribution in [1.82, 2.24) is 0 Å². The Balaban J connectivity index is 1.72. The third kappa shape index (κ3) is 5.26. The molecular weight excluding hydrogens is 322 g/mol. The molecule has 0 N–H and O–H groups in total. The number of hydrogen-bond acceptors (Lipinski definition) is 4. The van der Waals surface area contributed by atoms with Crippen LogP contribution in [-0.2, 0) is 16.1 Å². The van der Waals surface area contributed by atoms with E-state index in [1.807, 2.05) is 6.07 Å². The summed E-state index contributed by atoms with van der Waals surface area (Å²) in [5.74, 6) is 0. The van der Waals surface area contributed by atoms with Gasteiger partial charge in [0.1, 0.15) is 8.07 Å². The molecule has 0 spiro atoms. The van der Waals surface area contributed by atoms with Crippen LogP contribution in [0.3, 0.4) is 0 Å². The summed E-state index contributed by atoms with van der Waals surface area (Å²) in [5.41, 5.74) is 0.678. The van der Waals surface area contributed by atoms with E-state index in [1.165, 1.54) is 11.3 Å². The zero-order chi connectivity index (χ0) is 17.4. The maximum absolute atomic E-state index is 10.9. The number of rotatable bonds is 9. The van der Waals surface area contributed by atoms with Crippen molar-refractivity contribution in [2.75, 3.05) is 19.4 Å². The van der Waals surface area contributed by atoms with Crippen molar-refractivity contribution in [2.24, 2.45) is 0 Å². The lowest BCUT2D eigenvalue weighted by Gasteiger charge is -2.22. The number of benzene rings is 2. The van der Waals surface area contributed by atoms with Crippen molar-refractivity contribution in [3.8, 4) is 0 Å². The molecule has 2 aromatic carbocycles. The molecule has 6 heteroatoms. The van der Waals surface area contributed by atoms with Crippen LogP contribution in [0, 0.1) is 10.1 Å². The molecule has 0 fully saturated rings. The Morgan fingerprint density at radius 1 is 0.958 bits per heavy atom. The van der Waals surface area contributed by atoms with Crippen LogP contribution >= 0.6 is 0 Å². The molecule has 0 aliphatic heterocycles. The van der Waals surface area contributed by atoms with Crippen molar-refractivity contribution in [1.29, 1.82) is 0 Å². The minimum Gasteiger partial charge on any atom is -0.382 e. The second kappa shape index (κ2) is 8.72. The standard InChI is InChI=1S/C18H23NO4Si/c1-24(2,17-9-4-3-5-10-17)15-23-13-12-22-14-16-8-6-7-11-18(16)19(20)21/h3-11H,12-15H2,1-2H3. The number of ether oxygens (including phenoxy) is 2. The highest BCUT2D eigenvalue weighted by atomic mass is 28.3. The first-order valence-electron chi connectivity index (χ1n) is 7.94. The predicted octanol–water partition coefficient (Wildman–Crippen LogP) is 3.28. The summed E-state index contributed by atoms with van der Waals surface area (Å²) in [6, 6.07) is 17.1. The first-order chi connectivity index (χ1) is 11.5. The minimum absolute atomic E-state index is 0.0936. The zero-order valence-electron chi connectivity index (χ0n) is 14.1. The molecule has 128 valence electrons. The van der Waals surface area contributed by atoms with Crippen LogP contribution in [0.1, 0.15) is 5.56 Å². The fraction of sp³-hybridized carbons (Fsp3) is 0.333. The van der Waals surface area contributed by atoms with Crippen LogP contribution in [-0.4, -0.2) is 32.4 Å². The summed E-state index contributed by atoms with van der Waals surface area (Å²) < 4.78 is 11.3. The topological polar surface area (TPSA) is 61.6 Å². The van der Waals surface area contributed by atoms with E-state index in [9.17, 15) is 10.1 Å². The van der Waals surface area contributed by atoms with Crippen LogP contribution in [0.5, 0.6) is 0 Å². The summed E-state index contributed by atoms with van der Waals surface area (Å²) in [6.07, 6.45) is 0.728. The highest BCUT2D eigenvalue weighted by Gasteiger charge is 2.23.